The van der Waals surface area contributed by atoms with Crippen molar-refractivity contribution in [1.82, 2.24) is 5.32 Å². The summed E-state index contributed by atoms with van der Waals surface area (Å²) in [4.78, 5) is 0. The molecule has 1 aromatic carbocycles. The normalized spacial score (nSPS) is 25.8. The SMILES string of the molecule is CCC1CSC(c2ccc(Cl)c(Cl)c2)N1. The van der Waals surface area contributed by atoms with E-state index in [0.717, 1.165) is 0 Å². The average molecular weight is 262 g/mol. The maximum absolute atomic E-state index is 5.99. The summed E-state index contributed by atoms with van der Waals surface area (Å²) in [7, 11) is 0. The largest absolute Gasteiger partial charge is 0.298 e. The Hall–Kier alpha value is 0.110. The monoisotopic (exact) mass is 261 g/mol. The van der Waals surface area contributed by atoms with E-state index in [2.05, 4.69) is 12.2 Å². The number of halogens is 2. The summed E-state index contributed by atoms with van der Waals surface area (Å²) in [6, 6.07) is 6.47. The number of nitrogens with one attached hydrogen (secondary N) is 1. The molecular weight excluding hydrogens is 249 g/mol. The van der Waals surface area contributed by atoms with E-state index in [4.69, 9.17) is 23.2 Å². The fraction of sp³-hybridized carbons (Fsp3) is 0.455. The Kier molecular flexibility index (Phi) is 3.83. The van der Waals surface area contributed by atoms with Crippen LogP contribution in [0.2, 0.25) is 10.0 Å². The number of rotatable bonds is 2. The van der Waals surface area contributed by atoms with Gasteiger partial charge < -0.3 is 0 Å². The summed E-state index contributed by atoms with van der Waals surface area (Å²) in [6.07, 6.45) is 1.17. The van der Waals surface area contributed by atoms with E-state index in [1.54, 1.807) is 0 Å². The van der Waals surface area contributed by atoms with Gasteiger partial charge in [0.05, 0.1) is 15.4 Å². The second-order valence-corrected chi connectivity index (χ2v) is 5.61. The van der Waals surface area contributed by atoms with Gasteiger partial charge in [-0.3, -0.25) is 5.32 Å². The van der Waals surface area contributed by atoms with Crippen LogP contribution in [0.1, 0.15) is 24.3 Å². The van der Waals surface area contributed by atoms with Crippen LogP contribution in [0.25, 0.3) is 0 Å². The quantitative estimate of drug-likeness (QED) is 0.860. The molecule has 2 atom stereocenters. The summed E-state index contributed by atoms with van der Waals surface area (Å²) in [5.41, 5.74) is 1.21. The molecule has 0 radical (unpaired) electrons. The molecule has 1 N–H and O–H groups in total. The van der Waals surface area contributed by atoms with Gasteiger partial charge in [0, 0.05) is 11.8 Å². The third kappa shape index (κ3) is 2.62. The van der Waals surface area contributed by atoms with Crippen LogP contribution in [0.5, 0.6) is 0 Å². The van der Waals surface area contributed by atoms with Crippen molar-refractivity contribution in [1.29, 1.82) is 0 Å². The van der Waals surface area contributed by atoms with Crippen LogP contribution in [0.15, 0.2) is 18.2 Å². The fourth-order valence-electron chi connectivity index (χ4n) is 1.63. The van der Waals surface area contributed by atoms with Gasteiger partial charge >= 0.3 is 0 Å². The second-order valence-electron chi connectivity index (χ2n) is 3.66. The van der Waals surface area contributed by atoms with E-state index in [1.807, 2.05) is 30.0 Å². The van der Waals surface area contributed by atoms with Gasteiger partial charge in [-0.25, -0.2) is 0 Å². The highest BCUT2D eigenvalue weighted by Crippen LogP contribution is 2.35. The number of benzene rings is 1. The van der Waals surface area contributed by atoms with Gasteiger partial charge in [0.2, 0.25) is 0 Å². The van der Waals surface area contributed by atoms with Crippen molar-refractivity contribution in [2.75, 3.05) is 5.75 Å². The van der Waals surface area contributed by atoms with E-state index in [0.29, 0.717) is 21.5 Å². The Morgan fingerprint density at radius 2 is 2.20 bits per heavy atom. The first-order valence-corrected chi connectivity index (χ1v) is 6.83. The van der Waals surface area contributed by atoms with Gasteiger partial charge in [-0.05, 0) is 24.1 Å². The van der Waals surface area contributed by atoms with Crippen molar-refractivity contribution in [2.45, 2.75) is 24.8 Å². The van der Waals surface area contributed by atoms with Crippen molar-refractivity contribution in [2.24, 2.45) is 0 Å². The molecular formula is C11H13Cl2NS. The van der Waals surface area contributed by atoms with Gasteiger partial charge in [0.25, 0.3) is 0 Å². The highest BCUT2D eigenvalue weighted by Gasteiger charge is 2.24. The van der Waals surface area contributed by atoms with Crippen LogP contribution >= 0.6 is 35.0 Å². The lowest BCUT2D eigenvalue weighted by Gasteiger charge is -2.12. The molecule has 82 valence electrons. The molecule has 0 bridgehead atoms. The molecule has 1 nitrogen and oxygen atoms in total. The van der Waals surface area contributed by atoms with Crippen molar-refractivity contribution in [3.63, 3.8) is 0 Å². The lowest BCUT2D eigenvalue weighted by atomic mass is 10.2. The van der Waals surface area contributed by atoms with E-state index in [1.165, 1.54) is 17.7 Å². The van der Waals surface area contributed by atoms with Crippen LogP contribution in [0.3, 0.4) is 0 Å². The van der Waals surface area contributed by atoms with Crippen molar-refractivity contribution >= 4 is 35.0 Å². The smallest absolute Gasteiger partial charge is 0.0792 e. The molecule has 1 aromatic rings. The number of hydrogen-bond donors (Lipinski definition) is 1. The summed E-state index contributed by atoms with van der Waals surface area (Å²) in [5, 5.41) is 5.19. The standard InChI is InChI=1S/C11H13Cl2NS/c1-2-8-6-15-11(14-8)7-3-4-9(12)10(13)5-7/h3-5,8,11,14H,2,6H2,1H3. The predicted molar refractivity (Wildman–Crippen MR) is 68.9 cm³/mol. The molecule has 1 heterocycles. The van der Waals surface area contributed by atoms with E-state index >= 15 is 0 Å². The Bertz CT molecular complexity index is 356. The Balaban J connectivity index is 2.13. The molecule has 0 spiro atoms. The molecule has 2 rings (SSSR count). The highest BCUT2D eigenvalue weighted by molar-refractivity contribution is 7.99. The average Bonchev–Trinajstić information content (AvgIpc) is 2.70. The zero-order valence-electron chi connectivity index (χ0n) is 8.47. The minimum Gasteiger partial charge on any atom is -0.298 e. The van der Waals surface area contributed by atoms with Crippen LogP contribution < -0.4 is 5.32 Å². The Morgan fingerprint density at radius 1 is 1.40 bits per heavy atom. The van der Waals surface area contributed by atoms with Crippen molar-refractivity contribution < 1.29 is 0 Å². The molecule has 0 aliphatic carbocycles. The van der Waals surface area contributed by atoms with Crippen LogP contribution in [-0.4, -0.2) is 11.8 Å². The van der Waals surface area contributed by atoms with Gasteiger partial charge in [-0.2, -0.15) is 0 Å². The van der Waals surface area contributed by atoms with Crippen LogP contribution in [0.4, 0.5) is 0 Å². The first-order valence-electron chi connectivity index (χ1n) is 5.03. The van der Waals surface area contributed by atoms with Gasteiger partial charge in [-0.1, -0.05) is 36.2 Å². The maximum Gasteiger partial charge on any atom is 0.0792 e. The van der Waals surface area contributed by atoms with Gasteiger partial charge in [0.1, 0.15) is 0 Å². The zero-order valence-corrected chi connectivity index (χ0v) is 10.8. The summed E-state index contributed by atoms with van der Waals surface area (Å²) >= 11 is 13.8. The number of hydrogen-bond acceptors (Lipinski definition) is 2. The van der Waals surface area contributed by atoms with Crippen LogP contribution in [-0.2, 0) is 0 Å². The second kappa shape index (κ2) is 4.96. The lowest BCUT2D eigenvalue weighted by molar-refractivity contribution is 0.561. The molecule has 1 aliphatic rings. The molecule has 1 saturated heterocycles. The molecule has 4 heteroatoms. The lowest BCUT2D eigenvalue weighted by Crippen LogP contribution is -2.24. The highest BCUT2D eigenvalue weighted by atomic mass is 35.5. The Labute approximate surface area is 105 Å². The minimum atomic E-state index is 0.365. The summed E-state index contributed by atoms with van der Waals surface area (Å²) in [6.45, 7) is 2.20. The van der Waals surface area contributed by atoms with E-state index in [-0.39, 0.29) is 0 Å². The molecule has 1 fully saturated rings. The minimum absolute atomic E-state index is 0.365. The predicted octanol–water partition coefficient (Wildman–Crippen LogP) is 4.11. The first kappa shape index (κ1) is 11.6. The maximum atomic E-state index is 5.99. The van der Waals surface area contributed by atoms with Crippen molar-refractivity contribution in [3.8, 4) is 0 Å². The summed E-state index contributed by atoms with van der Waals surface area (Å²) < 4.78 is 0. The molecule has 0 amide bonds. The van der Waals surface area contributed by atoms with Gasteiger partial charge in [-0.15, -0.1) is 11.8 Å². The molecule has 15 heavy (non-hydrogen) atoms. The third-order valence-corrected chi connectivity index (χ3v) is 4.67. The first-order chi connectivity index (χ1) is 7.20. The number of thioether (sulfide) groups is 1. The zero-order chi connectivity index (χ0) is 10.8. The van der Waals surface area contributed by atoms with Gasteiger partial charge in [0.15, 0.2) is 0 Å². The topological polar surface area (TPSA) is 12.0 Å². The molecule has 0 saturated carbocycles. The fourth-order valence-corrected chi connectivity index (χ4v) is 3.32. The molecule has 2 unspecified atom stereocenters. The van der Waals surface area contributed by atoms with Crippen molar-refractivity contribution in [3.05, 3.63) is 33.8 Å². The van der Waals surface area contributed by atoms with Crippen LogP contribution in [0, 0.1) is 0 Å². The molecule has 0 aromatic heterocycles. The van der Waals surface area contributed by atoms with E-state index in [9.17, 15) is 0 Å². The molecule has 1 aliphatic heterocycles. The summed E-state index contributed by atoms with van der Waals surface area (Å²) in [5.74, 6) is 1.17. The van der Waals surface area contributed by atoms with E-state index < -0.39 is 0 Å². The Morgan fingerprint density at radius 3 is 2.80 bits per heavy atom. The third-order valence-electron chi connectivity index (χ3n) is 2.59.